The maximum atomic E-state index is 12.0. The molecule has 0 spiro atoms. The number of para-hydroxylation sites is 1. The third-order valence-electron chi connectivity index (χ3n) is 3.41. The number of amides is 1. The van der Waals surface area contributed by atoms with Crippen molar-refractivity contribution in [1.29, 1.82) is 0 Å². The lowest BCUT2D eigenvalue weighted by molar-refractivity contribution is -0.118. The molecule has 2 aromatic carbocycles. The van der Waals surface area contributed by atoms with Crippen LogP contribution >= 0.6 is 15.9 Å². The van der Waals surface area contributed by atoms with Gasteiger partial charge in [-0.25, -0.2) is 0 Å². The molecule has 0 radical (unpaired) electrons. The highest BCUT2D eigenvalue weighted by Gasteiger charge is 2.07. The standard InChI is InChI=1S/C18H15BrN2O2/c1-12-7-8-14(10-15(12)19)21-17(22)11-23-16-6-2-4-13-5-3-9-20-18(13)16/h2-10H,11H2,1H3,(H,21,22). The Kier molecular flexibility index (Phi) is 4.57. The first-order valence-corrected chi connectivity index (χ1v) is 7.95. The molecule has 0 bridgehead atoms. The third-order valence-corrected chi connectivity index (χ3v) is 4.26. The van der Waals surface area contributed by atoms with Gasteiger partial charge in [-0.1, -0.05) is 40.2 Å². The van der Waals surface area contributed by atoms with E-state index in [1.165, 1.54) is 0 Å². The minimum absolute atomic E-state index is 0.0683. The lowest BCUT2D eigenvalue weighted by Gasteiger charge is -2.10. The predicted octanol–water partition coefficient (Wildman–Crippen LogP) is 4.32. The molecule has 3 aromatic rings. The molecule has 23 heavy (non-hydrogen) atoms. The van der Waals surface area contributed by atoms with Crippen molar-refractivity contribution in [3.05, 3.63) is 64.8 Å². The minimum Gasteiger partial charge on any atom is -0.481 e. The van der Waals surface area contributed by atoms with Crippen molar-refractivity contribution < 1.29 is 9.53 Å². The monoisotopic (exact) mass is 370 g/mol. The van der Waals surface area contributed by atoms with Gasteiger partial charge < -0.3 is 10.1 Å². The molecular formula is C18H15BrN2O2. The number of aromatic nitrogens is 1. The van der Waals surface area contributed by atoms with Gasteiger partial charge in [-0.15, -0.1) is 0 Å². The van der Waals surface area contributed by atoms with Gasteiger partial charge in [0.2, 0.25) is 0 Å². The van der Waals surface area contributed by atoms with E-state index in [-0.39, 0.29) is 12.5 Å². The smallest absolute Gasteiger partial charge is 0.262 e. The van der Waals surface area contributed by atoms with E-state index in [1.54, 1.807) is 6.20 Å². The van der Waals surface area contributed by atoms with Crippen molar-refractivity contribution in [2.24, 2.45) is 0 Å². The maximum Gasteiger partial charge on any atom is 0.262 e. The Bertz CT molecular complexity index is 859. The number of nitrogens with zero attached hydrogens (tertiary/aromatic N) is 1. The van der Waals surface area contributed by atoms with Crippen molar-refractivity contribution in [3.8, 4) is 5.75 Å². The molecule has 0 atom stereocenters. The van der Waals surface area contributed by atoms with E-state index in [0.717, 1.165) is 26.6 Å². The summed E-state index contributed by atoms with van der Waals surface area (Å²) >= 11 is 3.45. The van der Waals surface area contributed by atoms with Gasteiger partial charge in [-0.3, -0.25) is 9.78 Å². The number of nitrogens with one attached hydrogen (secondary N) is 1. The lowest BCUT2D eigenvalue weighted by atomic mass is 10.2. The number of rotatable bonds is 4. The number of aryl methyl sites for hydroxylation is 1. The Labute approximate surface area is 142 Å². The van der Waals surface area contributed by atoms with Crippen LogP contribution in [0.1, 0.15) is 5.56 Å². The minimum atomic E-state index is -0.214. The summed E-state index contributed by atoms with van der Waals surface area (Å²) in [5, 5.41) is 3.79. The Hall–Kier alpha value is -2.40. The number of fused-ring (bicyclic) bond motifs is 1. The maximum absolute atomic E-state index is 12.0. The number of benzene rings is 2. The van der Waals surface area contributed by atoms with Crippen molar-refractivity contribution in [1.82, 2.24) is 4.98 Å². The molecule has 3 rings (SSSR count). The van der Waals surface area contributed by atoms with Crippen molar-refractivity contribution in [2.75, 3.05) is 11.9 Å². The molecule has 0 fully saturated rings. The van der Waals surface area contributed by atoms with E-state index in [2.05, 4.69) is 26.2 Å². The molecule has 0 unspecified atom stereocenters. The molecule has 1 aromatic heterocycles. The van der Waals surface area contributed by atoms with E-state index in [0.29, 0.717) is 5.75 Å². The second-order valence-corrected chi connectivity index (χ2v) is 5.99. The molecular weight excluding hydrogens is 356 g/mol. The van der Waals surface area contributed by atoms with Gasteiger partial charge in [-0.2, -0.15) is 0 Å². The second-order valence-electron chi connectivity index (χ2n) is 5.13. The van der Waals surface area contributed by atoms with Crippen LogP contribution in [0, 0.1) is 6.92 Å². The summed E-state index contributed by atoms with van der Waals surface area (Å²) in [5.41, 5.74) is 2.59. The number of hydrogen-bond donors (Lipinski definition) is 1. The van der Waals surface area contributed by atoms with Crippen molar-refractivity contribution in [2.45, 2.75) is 6.92 Å². The summed E-state index contributed by atoms with van der Waals surface area (Å²) in [6.07, 6.45) is 1.71. The first-order valence-electron chi connectivity index (χ1n) is 7.16. The molecule has 1 N–H and O–H groups in total. The summed E-state index contributed by atoms with van der Waals surface area (Å²) in [4.78, 5) is 16.3. The summed E-state index contributed by atoms with van der Waals surface area (Å²) < 4.78 is 6.57. The molecule has 0 aliphatic carbocycles. The molecule has 116 valence electrons. The van der Waals surface area contributed by atoms with Crippen molar-refractivity contribution in [3.63, 3.8) is 0 Å². The highest BCUT2D eigenvalue weighted by Crippen LogP contribution is 2.23. The van der Waals surface area contributed by atoms with Gasteiger partial charge in [0, 0.05) is 21.7 Å². The fraction of sp³-hybridized carbons (Fsp3) is 0.111. The van der Waals surface area contributed by atoms with Gasteiger partial charge in [-0.05, 0) is 36.8 Å². The quantitative estimate of drug-likeness (QED) is 0.743. The average molecular weight is 371 g/mol. The molecule has 0 saturated heterocycles. The fourth-order valence-electron chi connectivity index (χ4n) is 2.20. The number of hydrogen-bond acceptors (Lipinski definition) is 3. The Morgan fingerprint density at radius 3 is 2.87 bits per heavy atom. The van der Waals surface area contributed by atoms with Gasteiger partial charge in [0.25, 0.3) is 5.91 Å². The highest BCUT2D eigenvalue weighted by molar-refractivity contribution is 9.10. The van der Waals surface area contributed by atoms with Gasteiger partial charge in [0.1, 0.15) is 11.3 Å². The van der Waals surface area contributed by atoms with Gasteiger partial charge in [0.05, 0.1) is 0 Å². The van der Waals surface area contributed by atoms with E-state index in [4.69, 9.17) is 4.74 Å². The molecule has 0 aliphatic rings. The number of halogens is 1. The zero-order chi connectivity index (χ0) is 16.2. The van der Waals surface area contributed by atoms with Crippen LogP contribution in [-0.2, 0) is 4.79 Å². The van der Waals surface area contributed by atoms with E-state index < -0.39 is 0 Å². The van der Waals surface area contributed by atoms with E-state index in [9.17, 15) is 4.79 Å². The van der Waals surface area contributed by atoms with Gasteiger partial charge >= 0.3 is 0 Å². The van der Waals surface area contributed by atoms with Crippen LogP contribution in [0.4, 0.5) is 5.69 Å². The van der Waals surface area contributed by atoms with E-state index in [1.807, 2.05) is 55.5 Å². The third kappa shape index (κ3) is 3.68. The number of pyridine rings is 1. The van der Waals surface area contributed by atoms with Crippen LogP contribution in [0.2, 0.25) is 0 Å². The summed E-state index contributed by atoms with van der Waals surface area (Å²) in [6.45, 7) is 1.92. The summed E-state index contributed by atoms with van der Waals surface area (Å²) in [5.74, 6) is 0.386. The van der Waals surface area contributed by atoms with Crippen LogP contribution in [0.15, 0.2) is 59.2 Å². The molecule has 4 nitrogen and oxygen atoms in total. The zero-order valence-electron chi connectivity index (χ0n) is 12.5. The zero-order valence-corrected chi connectivity index (χ0v) is 14.1. The Morgan fingerprint density at radius 1 is 1.22 bits per heavy atom. The normalized spacial score (nSPS) is 10.5. The Morgan fingerprint density at radius 2 is 2.04 bits per heavy atom. The Balaban J connectivity index is 1.67. The largest absolute Gasteiger partial charge is 0.481 e. The molecule has 0 saturated carbocycles. The number of ether oxygens (including phenoxy) is 1. The number of carbonyl (C=O) groups excluding carboxylic acids is 1. The van der Waals surface area contributed by atoms with E-state index >= 15 is 0 Å². The van der Waals surface area contributed by atoms with Crippen LogP contribution < -0.4 is 10.1 Å². The van der Waals surface area contributed by atoms with Crippen molar-refractivity contribution >= 4 is 38.4 Å². The summed E-state index contributed by atoms with van der Waals surface area (Å²) in [7, 11) is 0. The highest BCUT2D eigenvalue weighted by atomic mass is 79.9. The SMILES string of the molecule is Cc1ccc(NC(=O)COc2cccc3cccnc23)cc1Br. The van der Waals surface area contributed by atoms with Crippen LogP contribution in [0.3, 0.4) is 0 Å². The predicted molar refractivity (Wildman–Crippen MR) is 94.7 cm³/mol. The molecule has 1 heterocycles. The molecule has 5 heteroatoms. The lowest BCUT2D eigenvalue weighted by Crippen LogP contribution is -2.20. The van der Waals surface area contributed by atoms with Crippen LogP contribution in [0.25, 0.3) is 10.9 Å². The van der Waals surface area contributed by atoms with Gasteiger partial charge in [0.15, 0.2) is 6.61 Å². The number of carbonyl (C=O) groups is 1. The molecule has 1 amide bonds. The van der Waals surface area contributed by atoms with Crippen LogP contribution in [0.5, 0.6) is 5.75 Å². The topological polar surface area (TPSA) is 51.2 Å². The second kappa shape index (κ2) is 6.79. The first-order chi connectivity index (χ1) is 11.1. The first kappa shape index (κ1) is 15.5. The van der Waals surface area contributed by atoms with Crippen LogP contribution in [-0.4, -0.2) is 17.5 Å². The fourth-order valence-corrected chi connectivity index (χ4v) is 2.58. The number of anilines is 1. The molecule has 0 aliphatic heterocycles. The summed E-state index contributed by atoms with van der Waals surface area (Å²) in [6, 6.07) is 15.1. The average Bonchev–Trinajstić information content (AvgIpc) is 2.56.